The Labute approximate surface area is 165 Å². The quantitative estimate of drug-likeness (QED) is 0.166. The number of hydrogen-bond acceptors (Lipinski definition) is 9. The molecule has 0 radical (unpaired) electrons. The molecule has 0 aliphatic rings. The van der Waals surface area contributed by atoms with Gasteiger partial charge in [0.2, 0.25) is 0 Å². The summed E-state index contributed by atoms with van der Waals surface area (Å²) in [7, 11) is 0. The van der Waals surface area contributed by atoms with Gasteiger partial charge in [0.05, 0.1) is 11.5 Å². The molecule has 29 heavy (non-hydrogen) atoms. The lowest BCUT2D eigenvalue weighted by Crippen LogP contribution is -2.46. The lowest BCUT2D eigenvalue weighted by molar-refractivity contribution is -0.385. The van der Waals surface area contributed by atoms with Crippen LogP contribution < -0.4 is 0 Å². The maximum Gasteiger partial charge on any atom is 0.280 e. The van der Waals surface area contributed by atoms with E-state index in [-0.39, 0.29) is 23.3 Å². The lowest BCUT2D eigenvalue weighted by atomic mass is 10.0. The molecular formula is C19H21NO9. The molecule has 0 aliphatic carbocycles. The number of carbonyl (C=O) groups is 2. The number of benzene rings is 2. The fraction of sp³-hybridized carbons (Fsp3) is 0.263. The van der Waals surface area contributed by atoms with Crippen molar-refractivity contribution < 1.29 is 40.0 Å². The zero-order valence-corrected chi connectivity index (χ0v) is 15.1. The molecular weight excluding hydrogens is 386 g/mol. The van der Waals surface area contributed by atoms with E-state index >= 15 is 0 Å². The number of hydrogen-bond donors (Lipinski definition) is 5. The molecule has 0 bridgehead atoms. The van der Waals surface area contributed by atoms with Crippen LogP contribution in [0.3, 0.4) is 0 Å². The number of carbonyl (C=O) groups excluding carboxylic acids is 2. The Hall–Kier alpha value is -3.02. The molecule has 0 saturated heterocycles. The van der Waals surface area contributed by atoms with Crippen molar-refractivity contribution in [3.8, 4) is 0 Å². The van der Waals surface area contributed by atoms with E-state index in [9.17, 15) is 19.7 Å². The number of ketones is 1. The van der Waals surface area contributed by atoms with Gasteiger partial charge in [-0.15, -0.1) is 0 Å². The largest absolute Gasteiger partial charge is 0.394 e. The summed E-state index contributed by atoms with van der Waals surface area (Å²) in [4.78, 5) is 32.2. The highest BCUT2D eigenvalue weighted by Gasteiger charge is 2.29. The molecule has 0 spiro atoms. The molecule has 0 fully saturated rings. The molecule has 156 valence electrons. The molecule has 0 amide bonds. The molecule has 0 saturated carbocycles. The van der Waals surface area contributed by atoms with Crippen molar-refractivity contribution in [2.75, 3.05) is 6.61 Å². The van der Waals surface area contributed by atoms with Gasteiger partial charge in [0, 0.05) is 11.6 Å². The van der Waals surface area contributed by atoms with Gasteiger partial charge >= 0.3 is 0 Å². The van der Waals surface area contributed by atoms with Crippen molar-refractivity contribution in [3.05, 3.63) is 75.8 Å². The van der Waals surface area contributed by atoms with E-state index in [0.717, 1.165) is 0 Å². The molecule has 10 nitrogen and oxygen atoms in total. The van der Waals surface area contributed by atoms with E-state index in [1.165, 1.54) is 12.1 Å². The molecule has 2 rings (SSSR count). The Morgan fingerprint density at radius 3 is 2.03 bits per heavy atom. The first-order valence-electron chi connectivity index (χ1n) is 8.36. The number of para-hydroxylation sites is 1. The fourth-order valence-electron chi connectivity index (χ4n) is 2.19. The Kier molecular flexibility index (Phi) is 9.72. The second-order valence-corrected chi connectivity index (χ2v) is 5.83. The van der Waals surface area contributed by atoms with E-state index in [1.807, 2.05) is 0 Å². The van der Waals surface area contributed by atoms with Crippen LogP contribution in [0.4, 0.5) is 5.69 Å². The van der Waals surface area contributed by atoms with Gasteiger partial charge in [-0.3, -0.25) is 14.9 Å². The maximum atomic E-state index is 12.1. The summed E-state index contributed by atoms with van der Waals surface area (Å²) in [5.74, 6) is -0.335. The van der Waals surface area contributed by atoms with Gasteiger partial charge < -0.3 is 30.3 Å². The number of aldehydes is 1. The van der Waals surface area contributed by atoms with E-state index in [1.54, 1.807) is 42.5 Å². The Balaban J connectivity index is 0.000000311. The van der Waals surface area contributed by atoms with Crippen molar-refractivity contribution in [2.45, 2.75) is 24.4 Å². The monoisotopic (exact) mass is 407 g/mol. The number of nitro groups is 1. The normalized spacial score (nSPS) is 14.5. The van der Waals surface area contributed by atoms with Gasteiger partial charge in [0.15, 0.2) is 12.1 Å². The van der Waals surface area contributed by atoms with Gasteiger partial charge in [-0.2, -0.15) is 0 Å². The van der Waals surface area contributed by atoms with E-state index < -0.39 is 35.9 Å². The number of aliphatic hydroxyl groups is 5. The van der Waals surface area contributed by atoms with Crippen LogP contribution in [0.25, 0.3) is 0 Å². The summed E-state index contributed by atoms with van der Waals surface area (Å²) in [6, 6.07) is 14.5. The summed E-state index contributed by atoms with van der Waals surface area (Å²) in [6.45, 7) is -0.760. The molecule has 0 aromatic heterocycles. The van der Waals surface area contributed by atoms with Crippen LogP contribution in [0.1, 0.15) is 15.9 Å². The van der Waals surface area contributed by atoms with Crippen molar-refractivity contribution in [1.29, 1.82) is 0 Å². The molecule has 10 heteroatoms. The second-order valence-electron chi connectivity index (χ2n) is 5.83. The van der Waals surface area contributed by atoms with Gasteiger partial charge in [-0.1, -0.05) is 42.5 Å². The van der Waals surface area contributed by atoms with Crippen LogP contribution >= 0.6 is 0 Å². The highest BCUT2D eigenvalue weighted by molar-refractivity contribution is 6.11. The van der Waals surface area contributed by atoms with Crippen LogP contribution in [0.5, 0.6) is 0 Å². The van der Waals surface area contributed by atoms with Crippen LogP contribution in [-0.2, 0) is 4.79 Å². The molecule has 0 aliphatic heterocycles. The third-order valence-corrected chi connectivity index (χ3v) is 3.80. The first-order valence-corrected chi connectivity index (χ1v) is 8.36. The van der Waals surface area contributed by atoms with E-state index in [2.05, 4.69) is 0 Å². The summed E-state index contributed by atoms with van der Waals surface area (Å²) < 4.78 is 0. The highest BCUT2D eigenvalue weighted by atomic mass is 16.6. The SMILES string of the molecule is O=C(c1ccccc1)c1ccccc1[N+](=O)[O-].O=CC(O)C(O)C(O)C(O)CO. The Morgan fingerprint density at radius 2 is 1.52 bits per heavy atom. The minimum Gasteiger partial charge on any atom is -0.394 e. The number of nitrogens with zero attached hydrogens (tertiary/aromatic N) is 1. The van der Waals surface area contributed by atoms with Crippen LogP contribution in [-0.4, -0.2) is 73.5 Å². The molecule has 4 unspecified atom stereocenters. The zero-order valence-electron chi connectivity index (χ0n) is 15.1. The smallest absolute Gasteiger partial charge is 0.280 e. The average Bonchev–Trinajstić information content (AvgIpc) is 2.77. The van der Waals surface area contributed by atoms with Crippen molar-refractivity contribution in [3.63, 3.8) is 0 Å². The summed E-state index contributed by atoms with van der Waals surface area (Å²) in [5, 5.41) is 54.3. The minimum absolute atomic E-state index is 0.0258. The third-order valence-electron chi connectivity index (χ3n) is 3.80. The first-order chi connectivity index (χ1) is 13.7. The summed E-state index contributed by atoms with van der Waals surface area (Å²) in [6.07, 6.45) is -6.84. The van der Waals surface area contributed by atoms with Gasteiger partial charge in [-0.05, 0) is 6.07 Å². The first kappa shape index (κ1) is 24.0. The average molecular weight is 407 g/mol. The minimum atomic E-state index is -1.79. The van der Waals surface area contributed by atoms with Gasteiger partial charge in [0.1, 0.15) is 30.0 Å². The number of nitro benzene ring substituents is 1. The Bertz CT molecular complexity index is 812. The van der Waals surface area contributed by atoms with Crippen molar-refractivity contribution >= 4 is 17.8 Å². The Morgan fingerprint density at radius 1 is 0.966 bits per heavy atom. The molecule has 2 aromatic rings. The van der Waals surface area contributed by atoms with Crippen molar-refractivity contribution in [1.82, 2.24) is 0 Å². The number of rotatable bonds is 8. The van der Waals surface area contributed by atoms with E-state index in [0.29, 0.717) is 5.56 Å². The van der Waals surface area contributed by atoms with Crippen LogP contribution in [0, 0.1) is 10.1 Å². The molecule has 5 N–H and O–H groups in total. The predicted octanol–water partition coefficient (Wildman–Crippen LogP) is -0.553. The maximum absolute atomic E-state index is 12.1. The highest BCUT2D eigenvalue weighted by Crippen LogP contribution is 2.20. The lowest BCUT2D eigenvalue weighted by Gasteiger charge is -2.22. The summed E-state index contributed by atoms with van der Waals surface area (Å²) >= 11 is 0. The molecule has 4 atom stereocenters. The number of aliphatic hydroxyl groups excluding tert-OH is 5. The molecule has 0 heterocycles. The summed E-state index contributed by atoms with van der Waals surface area (Å²) in [5.41, 5.74) is 0.395. The van der Waals surface area contributed by atoms with Crippen molar-refractivity contribution in [2.24, 2.45) is 0 Å². The van der Waals surface area contributed by atoms with E-state index in [4.69, 9.17) is 25.5 Å². The third kappa shape index (κ3) is 6.82. The predicted molar refractivity (Wildman–Crippen MR) is 100 cm³/mol. The van der Waals surface area contributed by atoms with Gasteiger partial charge in [0.25, 0.3) is 5.69 Å². The standard InChI is InChI=1S/C13H9NO3.C6H12O6/c15-13(10-6-2-1-3-7-10)11-8-4-5-9-12(11)14(16)17;7-1-3(9)5(11)6(12)4(10)2-8/h1-9H;1,3-6,8-12H,2H2. The van der Waals surface area contributed by atoms with Crippen LogP contribution in [0.15, 0.2) is 54.6 Å². The fourth-order valence-corrected chi connectivity index (χ4v) is 2.19. The van der Waals surface area contributed by atoms with Crippen LogP contribution in [0.2, 0.25) is 0 Å². The second kappa shape index (κ2) is 11.7. The molecule has 2 aromatic carbocycles. The topological polar surface area (TPSA) is 178 Å². The van der Waals surface area contributed by atoms with Gasteiger partial charge in [-0.25, -0.2) is 0 Å². The zero-order chi connectivity index (χ0) is 22.0.